The standard InChI is InChI=1S/C13H19ClN2O/c14-12-3-1-11(2-4-12)9-16-7-5-13(17,10-15)6-8-16/h1-4,17H,5-10,15H2. The van der Waals surface area contributed by atoms with Crippen molar-refractivity contribution in [1.82, 2.24) is 4.90 Å². The molecule has 1 aliphatic heterocycles. The zero-order valence-corrected chi connectivity index (χ0v) is 10.7. The van der Waals surface area contributed by atoms with Gasteiger partial charge in [-0.1, -0.05) is 23.7 Å². The van der Waals surface area contributed by atoms with E-state index in [1.54, 1.807) is 0 Å². The first-order chi connectivity index (χ1) is 8.11. The second-order valence-corrected chi connectivity index (χ2v) is 5.27. The summed E-state index contributed by atoms with van der Waals surface area (Å²) in [5, 5.41) is 10.8. The average molecular weight is 255 g/mol. The molecule has 0 bridgehead atoms. The highest BCUT2D eigenvalue weighted by molar-refractivity contribution is 6.30. The molecular weight excluding hydrogens is 236 g/mol. The van der Waals surface area contributed by atoms with Crippen LogP contribution in [0.25, 0.3) is 0 Å². The maximum atomic E-state index is 10.0. The molecular formula is C13H19ClN2O. The van der Waals surface area contributed by atoms with Crippen molar-refractivity contribution >= 4 is 11.6 Å². The highest BCUT2D eigenvalue weighted by Gasteiger charge is 2.30. The van der Waals surface area contributed by atoms with Crippen LogP contribution in [0.2, 0.25) is 5.02 Å². The summed E-state index contributed by atoms with van der Waals surface area (Å²) in [4.78, 5) is 2.34. The Labute approximate surface area is 107 Å². The number of nitrogens with two attached hydrogens (primary N) is 1. The number of nitrogens with zero attached hydrogens (tertiary/aromatic N) is 1. The monoisotopic (exact) mass is 254 g/mol. The van der Waals surface area contributed by atoms with Crippen LogP contribution in [-0.2, 0) is 6.54 Å². The van der Waals surface area contributed by atoms with Gasteiger partial charge in [0.1, 0.15) is 0 Å². The summed E-state index contributed by atoms with van der Waals surface area (Å²) < 4.78 is 0. The van der Waals surface area contributed by atoms with Crippen molar-refractivity contribution in [1.29, 1.82) is 0 Å². The molecule has 2 rings (SSSR count). The maximum Gasteiger partial charge on any atom is 0.0793 e. The molecule has 0 spiro atoms. The number of hydrogen-bond donors (Lipinski definition) is 2. The van der Waals surface area contributed by atoms with Crippen molar-refractivity contribution in [2.75, 3.05) is 19.6 Å². The lowest BCUT2D eigenvalue weighted by Gasteiger charge is -2.37. The van der Waals surface area contributed by atoms with Gasteiger partial charge >= 0.3 is 0 Å². The number of aliphatic hydroxyl groups is 1. The highest BCUT2D eigenvalue weighted by Crippen LogP contribution is 2.22. The third-order valence-corrected chi connectivity index (χ3v) is 3.74. The molecule has 0 amide bonds. The largest absolute Gasteiger partial charge is 0.388 e. The van der Waals surface area contributed by atoms with Crippen LogP contribution in [-0.4, -0.2) is 35.2 Å². The van der Waals surface area contributed by atoms with Gasteiger partial charge in [0, 0.05) is 31.2 Å². The van der Waals surface area contributed by atoms with Crippen molar-refractivity contribution in [3.8, 4) is 0 Å². The first-order valence-corrected chi connectivity index (χ1v) is 6.38. The van der Waals surface area contributed by atoms with E-state index in [1.807, 2.05) is 24.3 Å². The van der Waals surface area contributed by atoms with Crippen LogP contribution >= 0.6 is 11.6 Å². The molecule has 0 radical (unpaired) electrons. The van der Waals surface area contributed by atoms with E-state index in [0.29, 0.717) is 6.54 Å². The molecule has 1 heterocycles. The van der Waals surface area contributed by atoms with Crippen molar-refractivity contribution < 1.29 is 5.11 Å². The molecule has 1 aliphatic rings. The third kappa shape index (κ3) is 3.42. The van der Waals surface area contributed by atoms with Gasteiger partial charge < -0.3 is 10.8 Å². The fourth-order valence-electron chi connectivity index (χ4n) is 2.18. The molecule has 4 heteroatoms. The van der Waals surface area contributed by atoms with Crippen LogP contribution in [0.1, 0.15) is 18.4 Å². The Hall–Kier alpha value is -0.610. The Kier molecular flexibility index (Phi) is 4.05. The topological polar surface area (TPSA) is 49.5 Å². The Bertz CT molecular complexity index is 358. The lowest BCUT2D eigenvalue weighted by atomic mass is 9.91. The van der Waals surface area contributed by atoms with E-state index in [9.17, 15) is 5.11 Å². The molecule has 1 aromatic carbocycles. The molecule has 1 aromatic rings. The van der Waals surface area contributed by atoms with Gasteiger partial charge in [0.15, 0.2) is 0 Å². The number of piperidine rings is 1. The molecule has 0 unspecified atom stereocenters. The van der Waals surface area contributed by atoms with Gasteiger partial charge in [0.2, 0.25) is 0 Å². The van der Waals surface area contributed by atoms with Gasteiger partial charge in [-0.25, -0.2) is 0 Å². The summed E-state index contributed by atoms with van der Waals surface area (Å²) in [6.07, 6.45) is 1.52. The van der Waals surface area contributed by atoms with E-state index in [1.165, 1.54) is 5.56 Å². The van der Waals surface area contributed by atoms with E-state index < -0.39 is 5.60 Å². The smallest absolute Gasteiger partial charge is 0.0793 e. The van der Waals surface area contributed by atoms with E-state index in [0.717, 1.165) is 37.5 Å². The minimum absolute atomic E-state index is 0.363. The Balaban J connectivity index is 1.88. The van der Waals surface area contributed by atoms with Crippen LogP contribution < -0.4 is 5.73 Å². The van der Waals surface area contributed by atoms with Crippen LogP contribution in [0.5, 0.6) is 0 Å². The van der Waals surface area contributed by atoms with Gasteiger partial charge in [-0.3, -0.25) is 4.90 Å². The molecule has 0 atom stereocenters. The van der Waals surface area contributed by atoms with Crippen LogP contribution in [0.15, 0.2) is 24.3 Å². The lowest BCUT2D eigenvalue weighted by molar-refractivity contribution is -0.0153. The van der Waals surface area contributed by atoms with E-state index in [-0.39, 0.29) is 0 Å². The SMILES string of the molecule is NCC1(O)CCN(Cc2ccc(Cl)cc2)CC1. The highest BCUT2D eigenvalue weighted by atomic mass is 35.5. The van der Waals surface area contributed by atoms with Crippen LogP contribution in [0, 0.1) is 0 Å². The molecule has 0 aliphatic carbocycles. The molecule has 1 fully saturated rings. The minimum Gasteiger partial charge on any atom is -0.388 e. The first-order valence-electron chi connectivity index (χ1n) is 6.01. The minimum atomic E-state index is -0.642. The summed E-state index contributed by atoms with van der Waals surface area (Å²) in [6.45, 7) is 3.08. The van der Waals surface area contributed by atoms with E-state index >= 15 is 0 Å². The number of rotatable bonds is 3. The molecule has 1 saturated heterocycles. The number of likely N-dealkylation sites (tertiary alicyclic amines) is 1. The third-order valence-electron chi connectivity index (χ3n) is 3.49. The predicted octanol–water partition coefficient (Wildman–Crippen LogP) is 1.63. The van der Waals surface area contributed by atoms with Crippen molar-refractivity contribution in [3.05, 3.63) is 34.9 Å². The molecule has 3 N–H and O–H groups in total. The average Bonchev–Trinajstić information content (AvgIpc) is 2.35. The molecule has 0 aromatic heterocycles. The number of hydrogen-bond acceptors (Lipinski definition) is 3. The fraction of sp³-hybridized carbons (Fsp3) is 0.538. The summed E-state index contributed by atoms with van der Waals surface area (Å²) in [5.74, 6) is 0. The Morgan fingerprint density at radius 1 is 1.24 bits per heavy atom. The fourth-order valence-corrected chi connectivity index (χ4v) is 2.31. The molecule has 3 nitrogen and oxygen atoms in total. The summed E-state index contributed by atoms with van der Waals surface area (Å²) in [5.41, 5.74) is 6.18. The van der Waals surface area contributed by atoms with Crippen LogP contribution in [0.4, 0.5) is 0 Å². The number of benzene rings is 1. The van der Waals surface area contributed by atoms with Crippen LogP contribution in [0.3, 0.4) is 0 Å². The normalized spacial score (nSPS) is 20.4. The van der Waals surface area contributed by atoms with Crippen molar-refractivity contribution in [2.24, 2.45) is 5.73 Å². The second-order valence-electron chi connectivity index (χ2n) is 4.83. The molecule has 0 saturated carbocycles. The van der Waals surface area contributed by atoms with Gasteiger partial charge in [0.25, 0.3) is 0 Å². The van der Waals surface area contributed by atoms with Crippen molar-refractivity contribution in [2.45, 2.75) is 25.0 Å². The maximum absolute atomic E-state index is 10.0. The van der Waals surface area contributed by atoms with Gasteiger partial charge in [-0.15, -0.1) is 0 Å². The Morgan fingerprint density at radius 2 is 1.82 bits per heavy atom. The Morgan fingerprint density at radius 3 is 2.35 bits per heavy atom. The quantitative estimate of drug-likeness (QED) is 0.862. The number of halogens is 1. The van der Waals surface area contributed by atoms with E-state index in [4.69, 9.17) is 17.3 Å². The van der Waals surface area contributed by atoms with E-state index in [2.05, 4.69) is 4.90 Å². The van der Waals surface area contributed by atoms with Gasteiger partial charge in [-0.05, 0) is 30.5 Å². The predicted molar refractivity (Wildman–Crippen MR) is 70.0 cm³/mol. The zero-order chi connectivity index (χ0) is 12.3. The summed E-state index contributed by atoms with van der Waals surface area (Å²) >= 11 is 5.85. The molecule has 94 valence electrons. The van der Waals surface area contributed by atoms with Gasteiger partial charge in [0.05, 0.1) is 5.60 Å². The zero-order valence-electron chi connectivity index (χ0n) is 9.90. The van der Waals surface area contributed by atoms with Gasteiger partial charge in [-0.2, -0.15) is 0 Å². The lowest BCUT2D eigenvalue weighted by Crippen LogP contribution is -2.48. The molecule has 17 heavy (non-hydrogen) atoms. The second kappa shape index (κ2) is 5.36. The summed E-state index contributed by atoms with van der Waals surface area (Å²) in [7, 11) is 0. The first kappa shape index (κ1) is 12.8. The van der Waals surface area contributed by atoms with Crippen molar-refractivity contribution in [3.63, 3.8) is 0 Å². The summed E-state index contributed by atoms with van der Waals surface area (Å²) in [6, 6.07) is 7.92.